The van der Waals surface area contributed by atoms with Gasteiger partial charge in [0.25, 0.3) is 0 Å². The Bertz CT molecular complexity index is 945. The summed E-state index contributed by atoms with van der Waals surface area (Å²) in [5, 5.41) is 3.88. The van der Waals surface area contributed by atoms with Crippen LogP contribution in [0.3, 0.4) is 0 Å². The third-order valence-corrected chi connectivity index (χ3v) is 4.79. The van der Waals surface area contributed by atoms with Crippen molar-refractivity contribution in [1.29, 1.82) is 0 Å². The molecule has 3 rings (SSSR count). The minimum absolute atomic E-state index is 0.380. The lowest BCUT2D eigenvalue weighted by molar-refractivity contribution is -0.115. The second-order valence-electron chi connectivity index (χ2n) is 5.48. The number of hydrogen-bond acceptors (Lipinski definition) is 2. The highest BCUT2D eigenvalue weighted by molar-refractivity contribution is 8.00. The van der Waals surface area contributed by atoms with Gasteiger partial charge in [0.05, 0.1) is 10.9 Å². The van der Waals surface area contributed by atoms with Crippen molar-refractivity contribution in [2.75, 3.05) is 5.32 Å². The molecule has 2 nitrogen and oxygen atoms in total. The highest BCUT2D eigenvalue weighted by Gasteiger charge is 2.19. The molecule has 0 saturated heterocycles. The highest BCUT2D eigenvalue weighted by Crippen LogP contribution is 2.28. The molecule has 0 fully saturated rings. The van der Waals surface area contributed by atoms with Gasteiger partial charge in [-0.3, -0.25) is 4.79 Å². The molecule has 0 aliphatic heterocycles. The van der Waals surface area contributed by atoms with Crippen LogP contribution >= 0.6 is 11.8 Å². The van der Waals surface area contributed by atoms with Crippen LogP contribution in [0.1, 0.15) is 6.92 Å². The second-order valence-corrected chi connectivity index (χ2v) is 6.90. The number of amides is 1. The van der Waals surface area contributed by atoms with Crippen LogP contribution in [0.4, 0.5) is 18.9 Å². The van der Waals surface area contributed by atoms with Gasteiger partial charge in [-0.1, -0.05) is 30.3 Å². The van der Waals surface area contributed by atoms with Gasteiger partial charge in [0.1, 0.15) is 0 Å². The lowest BCUT2D eigenvalue weighted by atomic mass is 10.1. The number of hydrogen-bond donors (Lipinski definition) is 1. The molecule has 0 aliphatic carbocycles. The summed E-state index contributed by atoms with van der Waals surface area (Å²) in [5.74, 6) is -4.80. The Kier molecular flexibility index (Phi) is 4.99. The Balaban J connectivity index is 1.73. The molecule has 0 bridgehead atoms. The first kappa shape index (κ1) is 17.4. The highest BCUT2D eigenvalue weighted by atomic mass is 32.2. The molecule has 3 aromatic rings. The standard InChI is InChI=1S/C19H14F3NOS/c1-11(19(24)23-16-9-8-15(20)17(21)18(16)22)25-14-7-6-12-4-2-3-5-13(12)10-14/h2-11H,1H3,(H,23,24)/t11-/m0/s1. The quantitative estimate of drug-likeness (QED) is 0.500. The minimum atomic E-state index is -1.60. The van der Waals surface area contributed by atoms with E-state index in [1.54, 1.807) is 6.92 Å². The van der Waals surface area contributed by atoms with E-state index in [2.05, 4.69) is 5.32 Å². The molecule has 3 aromatic carbocycles. The summed E-state index contributed by atoms with van der Waals surface area (Å²) in [6, 6.07) is 15.4. The maximum absolute atomic E-state index is 13.7. The summed E-state index contributed by atoms with van der Waals surface area (Å²) in [4.78, 5) is 13.1. The molecule has 1 amide bonds. The Labute approximate surface area is 147 Å². The van der Waals surface area contributed by atoms with Crippen LogP contribution in [0.2, 0.25) is 0 Å². The maximum atomic E-state index is 13.7. The molecule has 128 valence electrons. The van der Waals surface area contributed by atoms with Crippen LogP contribution in [-0.2, 0) is 4.79 Å². The van der Waals surface area contributed by atoms with Gasteiger partial charge in [0, 0.05) is 4.90 Å². The third-order valence-electron chi connectivity index (χ3n) is 3.70. The molecule has 6 heteroatoms. The predicted octanol–water partition coefficient (Wildman–Crippen LogP) is 5.38. The Morgan fingerprint density at radius 3 is 2.44 bits per heavy atom. The van der Waals surface area contributed by atoms with Gasteiger partial charge in [-0.2, -0.15) is 0 Å². The summed E-state index contributed by atoms with van der Waals surface area (Å²) < 4.78 is 39.8. The SMILES string of the molecule is C[C@H](Sc1ccc2ccccc2c1)C(=O)Nc1ccc(F)c(F)c1F. The van der Waals surface area contributed by atoms with Crippen LogP contribution in [0.15, 0.2) is 59.5 Å². The van der Waals surface area contributed by atoms with Gasteiger partial charge in [0.15, 0.2) is 17.5 Å². The molecule has 0 spiro atoms. The normalized spacial score (nSPS) is 12.2. The topological polar surface area (TPSA) is 29.1 Å². The number of halogens is 3. The summed E-state index contributed by atoms with van der Waals surface area (Å²) >= 11 is 1.30. The van der Waals surface area contributed by atoms with E-state index >= 15 is 0 Å². The molecule has 25 heavy (non-hydrogen) atoms. The predicted molar refractivity (Wildman–Crippen MR) is 94.2 cm³/mol. The molecule has 0 aliphatic rings. The van der Waals surface area contributed by atoms with Crippen molar-refractivity contribution < 1.29 is 18.0 Å². The Morgan fingerprint density at radius 1 is 0.960 bits per heavy atom. The van der Waals surface area contributed by atoms with Gasteiger partial charge >= 0.3 is 0 Å². The molecule has 0 unspecified atom stereocenters. The van der Waals surface area contributed by atoms with Crippen molar-refractivity contribution in [3.8, 4) is 0 Å². The molecule has 1 N–H and O–H groups in total. The van der Waals surface area contributed by atoms with Crippen LogP contribution in [0, 0.1) is 17.5 Å². The van der Waals surface area contributed by atoms with E-state index in [0.717, 1.165) is 27.8 Å². The zero-order valence-corrected chi connectivity index (χ0v) is 14.0. The number of nitrogens with one attached hydrogen (secondary N) is 1. The van der Waals surface area contributed by atoms with E-state index in [-0.39, 0.29) is 5.69 Å². The van der Waals surface area contributed by atoms with E-state index in [9.17, 15) is 18.0 Å². The number of carbonyl (C=O) groups excluding carboxylic acids is 1. The number of anilines is 1. The zero-order chi connectivity index (χ0) is 18.0. The fourth-order valence-electron chi connectivity index (χ4n) is 2.36. The lowest BCUT2D eigenvalue weighted by Gasteiger charge is -2.13. The number of benzene rings is 3. The first-order chi connectivity index (χ1) is 12.0. The second kappa shape index (κ2) is 7.19. The van der Waals surface area contributed by atoms with Crippen LogP contribution in [-0.4, -0.2) is 11.2 Å². The molecular formula is C19H14F3NOS. The minimum Gasteiger partial charge on any atom is -0.323 e. The molecule has 0 heterocycles. The number of fused-ring (bicyclic) bond motifs is 1. The van der Waals surface area contributed by atoms with Gasteiger partial charge in [-0.15, -0.1) is 11.8 Å². The van der Waals surface area contributed by atoms with E-state index < -0.39 is 28.6 Å². The molecular weight excluding hydrogens is 347 g/mol. The molecule has 0 radical (unpaired) electrons. The first-order valence-electron chi connectivity index (χ1n) is 7.55. The fraction of sp³-hybridized carbons (Fsp3) is 0.105. The van der Waals surface area contributed by atoms with Crippen LogP contribution in [0.5, 0.6) is 0 Å². The average molecular weight is 361 g/mol. The summed E-state index contributed by atoms with van der Waals surface area (Å²) in [6.07, 6.45) is 0. The van der Waals surface area contributed by atoms with Crippen molar-refractivity contribution in [1.82, 2.24) is 0 Å². The zero-order valence-electron chi connectivity index (χ0n) is 13.2. The van der Waals surface area contributed by atoms with Crippen LogP contribution < -0.4 is 5.32 Å². The smallest absolute Gasteiger partial charge is 0.237 e. The Morgan fingerprint density at radius 2 is 1.68 bits per heavy atom. The summed E-state index contributed by atoms with van der Waals surface area (Å²) in [6.45, 7) is 1.66. The fourth-order valence-corrected chi connectivity index (χ4v) is 3.27. The molecule has 1 atom stereocenters. The number of thioether (sulfide) groups is 1. The monoisotopic (exact) mass is 361 g/mol. The first-order valence-corrected chi connectivity index (χ1v) is 8.43. The van der Waals surface area contributed by atoms with E-state index in [1.165, 1.54) is 11.8 Å². The largest absolute Gasteiger partial charge is 0.323 e. The number of carbonyl (C=O) groups is 1. The third kappa shape index (κ3) is 3.79. The van der Waals surface area contributed by atoms with Crippen molar-refractivity contribution >= 4 is 34.1 Å². The lowest BCUT2D eigenvalue weighted by Crippen LogP contribution is -2.23. The molecule has 0 aromatic heterocycles. The van der Waals surface area contributed by atoms with Crippen molar-refractivity contribution in [3.05, 3.63) is 72.0 Å². The average Bonchev–Trinajstić information content (AvgIpc) is 2.62. The number of rotatable bonds is 4. The van der Waals surface area contributed by atoms with Gasteiger partial charge in [-0.05, 0) is 42.0 Å². The van der Waals surface area contributed by atoms with E-state index in [4.69, 9.17) is 0 Å². The van der Waals surface area contributed by atoms with Gasteiger partial charge in [-0.25, -0.2) is 13.2 Å². The van der Waals surface area contributed by atoms with Crippen LogP contribution in [0.25, 0.3) is 10.8 Å². The Hall–Kier alpha value is -2.47. The van der Waals surface area contributed by atoms with E-state index in [0.29, 0.717) is 0 Å². The maximum Gasteiger partial charge on any atom is 0.237 e. The summed E-state index contributed by atoms with van der Waals surface area (Å²) in [5.41, 5.74) is -0.380. The summed E-state index contributed by atoms with van der Waals surface area (Å²) in [7, 11) is 0. The van der Waals surface area contributed by atoms with Gasteiger partial charge in [0.2, 0.25) is 5.91 Å². The van der Waals surface area contributed by atoms with Crippen molar-refractivity contribution in [2.24, 2.45) is 0 Å². The van der Waals surface area contributed by atoms with Crippen molar-refractivity contribution in [2.45, 2.75) is 17.1 Å². The van der Waals surface area contributed by atoms with E-state index in [1.807, 2.05) is 42.5 Å². The molecule has 0 saturated carbocycles. The van der Waals surface area contributed by atoms with Crippen molar-refractivity contribution in [3.63, 3.8) is 0 Å². The van der Waals surface area contributed by atoms with Gasteiger partial charge < -0.3 is 5.32 Å².